The highest BCUT2D eigenvalue weighted by Gasteiger charge is 2.11. The lowest BCUT2D eigenvalue weighted by Gasteiger charge is -1.84. The smallest absolute Gasteiger partial charge is 0.254 e. The number of carbonyl (C=O) groups is 1. The zero-order valence-corrected chi connectivity index (χ0v) is 6.59. The van der Waals surface area contributed by atoms with Gasteiger partial charge in [-0.2, -0.15) is 0 Å². The molecule has 0 aliphatic carbocycles. The molecule has 1 aromatic heterocycles. The standard InChI is InChI=1S/C6H6ClNO3/c1-10-6-2-5(11-8-6)4(9)3-7/h2H,3H2,1H3. The Balaban J connectivity index is 2.80. The number of hydrogen-bond acceptors (Lipinski definition) is 4. The number of hydrogen-bond donors (Lipinski definition) is 0. The van der Waals surface area contributed by atoms with E-state index in [-0.39, 0.29) is 23.3 Å². The van der Waals surface area contributed by atoms with Crippen LogP contribution in [0.15, 0.2) is 10.6 Å². The van der Waals surface area contributed by atoms with Crippen LogP contribution in [0.3, 0.4) is 0 Å². The molecule has 1 rings (SSSR count). The largest absolute Gasteiger partial charge is 0.479 e. The second-order valence-corrected chi connectivity index (χ2v) is 2.06. The third kappa shape index (κ3) is 1.71. The van der Waals surface area contributed by atoms with Crippen molar-refractivity contribution in [2.75, 3.05) is 13.0 Å². The zero-order valence-electron chi connectivity index (χ0n) is 5.83. The van der Waals surface area contributed by atoms with E-state index in [9.17, 15) is 4.79 Å². The van der Waals surface area contributed by atoms with Crippen LogP contribution < -0.4 is 4.74 Å². The maximum absolute atomic E-state index is 10.8. The van der Waals surface area contributed by atoms with Crippen LogP contribution in [0.1, 0.15) is 10.6 Å². The predicted molar refractivity (Wildman–Crippen MR) is 38.1 cm³/mol. The summed E-state index contributed by atoms with van der Waals surface area (Å²) in [6.45, 7) is 0. The van der Waals surface area contributed by atoms with Crippen molar-refractivity contribution in [3.8, 4) is 5.88 Å². The average molecular weight is 176 g/mol. The Morgan fingerprint density at radius 2 is 2.64 bits per heavy atom. The fourth-order valence-corrected chi connectivity index (χ4v) is 0.684. The molecule has 0 unspecified atom stereocenters. The summed E-state index contributed by atoms with van der Waals surface area (Å²) in [5, 5.41) is 3.43. The molecule has 0 aliphatic rings. The van der Waals surface area contributed by atoms with Crippen LogP contribution in [-0.4, -0.2) is 23.9 Å². The summed E-state index contributed by atoms with van der Waals surface area (Å²) in [6, 6.07) is 1.39. The van der Waals surface area contributed by atoms with Crippen LogP contribution in [0.2, 0.25) is 0 Å². The molecule has 0 spiro atoms. The summed E-state index contributed by atoms with van der Waals surface area (Å²) in [5.41, 5.74) is 0. The van der Waals surface area contributed by atoms with Crippen molar-refractivity contribution in [3.05, 3.63) is 11.8 Å². The van der Waals surface area contributed by atoms with Gasteiger partial charge in [-0.25, -0.2) is 0 Å². The Labute approximate surface area is 68.1 Å². The number of carbonyl (C=O) groups excluding carboxylic acids is 1. The van der Waals surface area contributed by atoms with Crippen LogP contribution in [0.25, 0.3) is 0 Å². The molecule has 60 valence electrons. The number of ether oxygens (including phenoxy) is 1. The van der Waals surface area contributed by atoms with E-state index in [2.05, 4.69) is 14.4 Å². The average Bonchev–Trinajstić information content (AvgIpc) is 2.50. The minimum absolute atomic E-state index is 0.113. The van der Waals surface area contributed by atoms with Crippen molar-refractivity contribution in [1.82, 2.24) is 5.16 Å². The normalized spacial score (nSPS) is 9.64. The molecule has 0 N–H and O–H groups in total. The van der Waals surface area contributed by atoms with Gasteiger partial charge in [0.15, 0.2) is 0 Å². The second kappa shape index (κ2) is 3.39. The van der Waals surface area contributed by atoms with Crippen molar-refractivity contribution in [2.24, 2.45) is 0 Å². The molecule has 0 atom stereocenters. The molecule has 1 aromatic rings. The summed E-state index contributed by atoms with van der Waals surface area (Å²) in [4.78, 5) is 10.8. The van der Waals surface area contributed by atoms with Crippen molar-refractivity contribution in [1.29, 1.82) is 0 Å². The van der Waals surface area contributed by atoms with E-state index >= 15 is 0 Å². The Kier molecular flexibility index (Phi) is 2.48. The third-order valence-corrected chi connectivity index (χ3v) is 1.34. The number of rotatable bonds is 3. The molecule has 1 heterocycles. The van der Waals surface area contributed by atoms with Crippen molar-refractivity contribution in [2.45, 2.75) is 0 Å². The van der Waals surface area contributed by atoms with Crippen LogP contribution in [0, 0.1) is 0 Å². The Bertz CT molecular complexity index is 258. The van der Waals surface area contributed by atoms with Gasteiger partial charge in [-0.15, -0.1) is 11.6 Å². The van der Waals surface area contributed by atoms with Crippen LogP contribution in [0.4, 0.5) is 0 Å². The molecule has 11 heavy (non-hydrogen) atoms. The first-order valence-electron chi connectivity index (χ1n) is 2.87. The van der Waals surface area contributed by atoms with Gasteiger partial charge in [0.1, 0.15) is 0 Å². The summed E-state index contributed by atoms with van der Waals surface area (Å²) in [7, 11) is 1.44. The van der Waals surface area contributed by atoms with Gasteiger partial charge < -0.3 is 9.26 Å². The van der Waals surface area contributed by atoms with Gasteiger partial charge in [0.2, 0.25) is 11.5 Å². The molecule has 0 aromatic carbocycles. The minimum Gasteiger partial charge on any atom is -0.479 e. The highest BCUT2D eigenvalue weighted by atomic mass is 35.5. The van der Waals surface area contributed by atoms with Crippen molar-refractivity contribution in [3.63, 3.8) is 0 Å². The topological polar surface area (TPSA) is 52.3 Å². The van der Waals surface area contributed by atoms with Crippen LogP contribution >= 0.6 is 11.6 Å². The Hall–Kier alpha value is -1.03. The van der Waals surface area contributed by atoms with E-state index in [1.165, 1.54) is 13.2 Å². The molecule has 0 saturated heterocycles. The maximum Gasteiger partial charge on any atom is 0.254 e. The molecule has 4 nitrogen and oxygen atoms in total. The van der Waals surface area contributed by atoms with Crippen molar-refractivity contribution >= 4 is 17.4 Å². The van der Waals surface area contributed by atoms with Gasteiger partial charge >= 0.3 is 0 Å². The summed E-state index contributed by atoms with van der Waals surface area (Å²) < 4.78 is 9.29. The van der Waals surface area contributed by atoms with Crippen LogP contribution in [0.5, 0.6) is 5.88 Å². The molecule has 0 bridgehead atoms. The molecule has 0 radical (unpaired) electrons. The lowest BCUT2D eigenvalue weighted by atomic mass is 10.3. The lowest BCUT2D eigenvalue weighted by Crippen LogP contribution is -1.97. The van der Waals surface area contributed by atoms with E-state index in [4.69, 9.17) is 11.6 Å². The summed E-state index contributed by atoms with van der Waals surface area (Å²) in [6.07, 6.45) is 0. The van der Waals surface area contributed by atoms with Gasteiger partial charge in [0, 0.05) is 0 Å². The predicted octanol–water partition coefficient (Wildman–Crippen LogP) is 1.10. The van der Waals surface area contributed by atoms with Gasteiger partial charge in [-0.1, -0.05) is 0 Å². The first-order valence-corrected chi connectivity index (χ1v) is 3.41. The number of methoxy groups -OCH3 is 1. The first-order chi connectivity index (χ1) is 5.27. The van der Waals surface area contributed by atoms with E-state index in [1.807, 2.05) is 0 Å². The summed E-state index contributed by atoms with van der Waals surface area (Å²) in [5.74, 6) is -0.0176. The zero-order chi connectivity index (χ0) is 8.27. The van der Waals surface area contributed by atoms with Crippen molar-refractivity contribution < 1.29 is 14.1 Å². The molecule has 5 heteroatoms. The number of nitrogens with zero attached hydrogens (tertiary/aromatic N) is 1. The van der Waals surface area contributed by atoms with E-state index < -0.39 is 0 Å². The van der Waals surface area contributed by atoms with E-state index in [1.54, 1.807) is 0 Å². The molecule has 0 saturated carbocycles. The fraction of sp³-hybridized carbons (Fsp3) is 0.333. The SMILES string of the molecule is COc1cc(C(=O)CCl)on1. The van der Waals surface area contributed by atoms with Gasteiger partial charge in [-0.05, 0) is 5.16 Å². The number of ketones is 1. The second-order valence-electron chi connectivity index (χ2n) is 1.79. The van der Waals surface area contributed by atoms with Crippen LogP contribution in [-0.2, 0) is 0 Å². The Morgan fingerprint density at radius 1 is 1.91 bits per heavy atom. The quantitative estimate of drug-likeness (QED) is 0.510. The molecular weight excluding hydrogens is 170 g/mol. The summed E-state index contributed by atoms with van der Waals surface area (Å²) >= 11 is 5.26. The Morgan fingerprint density at radius 3 is 3.09 bits per heavy atom. The lowest BCUT2D eigenvalue weighted by molar-refractivity contribution is 0.0981. The molecule has 0 fully saturated rings. The van der Waals surface area contributed by atoms with Gasteiger partial charge in [-0.3, -0.25) is 4.79 Å². The number of aromatic nitrogens is 1. The molecule has 0 aliphatic heterocycles. The highest BCUT2D eigenvalue weighted by Crippen LogP contribution is 2.11. The number of halogens is 1. The first kappa shape index (κ1) is 8.07. The fourth-order valence-electron chi connectivity index (χ4n) is 0.552. The third-order valence-electron chi connectivity index (χ3n) is 1.09. The molecule has 0 amide bonds. The highest BCUT2D eigenvalue weighted by molar-refractivity contribution is 6.30. The monoisotopic (exact) mass is 175 g/mol. The van der Waals surface area contributed by atoms with E-state index in [0.29, 0.717) is 0 Å². The van der Waals surface area contributed by atoms with E-state index in [0.717, 1.165) is 0 Å². The van der Waals surface area contributed by atoms with Gasteiger partial charge in [0.05, 0.1) is 19.1 Å². The maximum atomic E-state index is 10.8. The minimum atomic E-state index is -0.303. The number of alkyl halides is 1. The molecular formula is C6H6ClNO3. The van der Waals surface area contributed by atoms with Gasteiger partial charge in [0.25, 0.3) is 5.88 Å². The number of Topliss-reactive ketones (excluding diaryl/α,β-unsaturated/α-hetero) is 1.